The maximum Gasteiger partial charge on any atom is 0.256 e. The number of aromatic nitrogens is 3. The Kier molecular flexibility index (Phi) is 5.87. The van der Waals surface area contributed by atoms with Crippen molar-refractivity contribution >= 4 is 34.2 Å². The van der Waals surface area contributed by atoms with Crippen LogP contribution in [0.2, 0.25) is 0 Å². The normalized spacial score (nSPS) is 14.2. The largest absolute Gasteiger partial charge is 0.335 e. The van der Waals surface area contributed by atoms with Gasteiger partial charge in [-0.2, -0.15) is 5.10 Å². The Morgan fingerprint density at radius 3 is 2.26 bits per heavy atom. The molecule has 1 saturated heterocycles. The van der Waals surface area contributed by atoms with Gasteiger partial charge in [0, 0.05) is 32.2 Å². The number of carbonyl (C=O) groups is 2. The van der Waals surface area contributed by atoms with Crippen molar-refractivity contribution in [2.75, 3.05) is 26.2 Å². The molecule has 1 aromatic carbocycles. The number of fused-ring (bicyclic) bond motifs is 1. The zero-order valence-electron chi connectivity index (χ0n) is 18.9. The van der Waals surface area contributed by atoms with Crippen LogP contribution in [-0.4, -0.2) is 62.6 Å². The first kappa shape index (κ1) is 22.2. The van der Waals surface area contributed by atoms with Crippen LogP contribution in [0.5, 0.6) is 0 Å². The van der Waals surface area contributed by atoms with Gasteiger partial charge in [0.2, 0.25) is 0 Å². The number of amides is 2. The molecule has 0 aliphatic carbocycles. The fraction of sp³-hybridized carbons (Fsp3) is 0.280. The number of pyridine rings is 1. The van der Waals surface area contributed by atoms with Gasteiger partial charge in [-0.1, -0.05) is 18.2 Å². The summed E-state index contributed by atoms with van der Waals surface area (Å²) in [6, 6.07) is 11.8. The number of nitrogens with zero attached hydrogens (tertiary/aromatic N) is 5. The van der Waals surface area contributed by atoms with Crippen LogP contribution in [0.15, 0.2) is 54.0 Å². The second-order valence-electron chi connectivity index (χ2n) is 8.52. The van der Waals surface area contributed by atoms with E-state index in [9.17, 15) is 14.0 Å². The zero-order chi connectivity index (χ0) is 23.8. The average molecular weight is 478 g/mol. The number of piperazine rings is 1. The first-order valence-electron chi connectivity index (χ1n) is 11.2. The quantitative estimate of drug-likeness (QED) is 0.435. The van der Waals surface area contributed by atoms with Gasteiger partial charge in [0.05, 0.1) is 33.3 Å². The molecule has 3 aromatic heterocycles. The summed E-state index contributed by atoms with van der Waals surface area (Å²) in [7, 11) is 0. The molecule has 4 heterocycles. The highest BCUT2D eigenvalue weighted by atomic mass is 32.1. The summed E-state index contributed by atoms with van der Waals surface area (Å²) in [5, 5.41) is 7.17. The van der Waals surface area contributed by atoms with E-state index in [-0.39, 0.29) is 23.4 Å². The summed E-state index contributed by atoms with van der Waals surface area (Å²) in [4.78, 5) is 35.5. The highest BCUT2D eigenvalue weighted by Gasteiger charge is 2.28. The predicted octanol–water partition coefficient (Wildman–Crippen LogP) is 4.48. The van der Waals surface area contributed by atoms with Crippen molar-refractivity contribution in [1.29, 1.82) is 0 Å². The number of thiophene rings is 1. The van der Waals surface area contributed by atoms with Gasteiger partial charge in [-0.25, -0.2) is 14.1 Å². The fourth-order valence-electron chi connectivity index (χ4n) is 4.21. The lowest BCUT2D eigenvalue weighted by Crippen LogP contribution is -2.50. The molecule has 7 nitrogen and oxygen atoms in total. The highest BCUT2D eigenvalue weighted by Crippen LogP contribution is 2.30. The van der Waals surface area contributed by atoms with Crippen LogP contribution >= 0.6 is 11.3 Å². The van der Waals surface area contributed by atoms with Crippen LogP contribution in [-0.2, 0) is 0 Å². The zero-order valence-corrected chi connectivity index (χ0v) is 19.8. The molecule has 9 heteroatoms. The first-order valence-corrected chi connectivity index (χ1v) is 12.1. The topological polar surface area (TPSA) is 71.3 Å². The SMILES string of the molecule is CC(C)n1ncc2c(C(=O)N3CCN(C(=O)c4ccccc4F)CC3)cc(-c3cccs3)nc21. The molecular weight excluding hydrogens is 453 g/mol. The van der Waals surface area contributed by atoms with Gasteiger partial charge in [-0.15, -0.1) is 11.3 Å². The molecule has 0 spiro atoms. The van der Waals surface area contributed by atoms with Crippen LogP contribution in [0.1, 0.15) is 40.6 Å². The fourth-order valence-corrected chi connectivity index (χ4v) is 4.90. The number of benzene rings is 1. The number of carbonyl (C=O) groups excluding carboxylic acids is 2. The van der Waals surface area contributed by atoms with Crippen LogP contribution in [0.25, 0.3) is 21.6 Å². The van der Waals surface area contributed by atoms with Crippen molar-refractivity contribution in [3.05, 3.63) is 71.0 Å². The minimum absolute atomic E-state index is 0.0554. The summed E-state index contributed by atoms with van der Waals surface area (Å²) in [6.07, 6.45) is 1.70. The van der Waals surface area contributed by atoms with Crippen molar-refractivity contribution in [3.63, 3.8) is 0 Å². The Bertz CT molecular complexity index is 1360. The number of rotatable bonds is 4. The molecule has 0 unspecified atom stereocenters. The molecule has 174 valence electrons. The van der Waals surface area contributed by atoms with Crippen molar-refractivity contribution in [3.8, 4) is 10.6 Å². The van der Waals surface area contributed by atoms with Gasteiger partial charge in [0.15, 0.2) is 5.65 Å². The summed E-state index contributed by atoms with van der Waals surface area (Å²) < 4.78 is 15.9. The van der Waals surface area contributed by atoms with Gasteiger partial charge in [0.25, 0.3) is 11.8 Å². The summed E-state index contributed by atoms with van der Waals surface area (Å²) in [5.41, 5.74) is 2.02. The second kappa shape index (κ2) is 8.98. The minimum atomic E-state index is -0.534. The van der Waals surface area contributed by atoms with E-state index in [1.807, 2.05) is 42.1 Å². The van der Waals surface area contributed by atoms with Gasteiger partial charge < -0.3 is 9.80 Å². The maximum absolute atomic E-state index is 14.1. The monoisotopic (exact) mass is 477 g/mol. The third-order valence-electron chi connectivity index (χ3n) is 6.02. The lowest BCUT2D eigenvalue weighted by Gasteiger charge is -2.35. The minimum Gasteiger partial charge on any atom is -0.335 e. The summed E-state index contributed by atoms with van der Waals surface area (Å²) in [6.45, 7) is 5.48. The molecule has 1 fully saturated rings. The molecule has 0 atom stereocenters. The van der Waals surface area contributed by atoms with E-state index in [4.69, 9.17) is 4.98 Å². The average Bonchev–Trinajstić information content (AvgIpc) is 3.53. The predicted molar refractivity (Wildman–Crippen MR) is 129 cm³/mol. The van der Waals surface area contributed by atoms with E-state index in [1.54, 1.807) is 39.5 Å². The standard InChI is InChI=1S/C25H24FN5O2S/c1-16(2)31-23-19(15-27-31)18(14-21(28-23)22-8-5-13-34-22)25(33)30-11-9-29(10-12-30)24(32)17-6-3-4-7-20(17)26/h3-8,13-16H,9-12H2,1-2H3. The molecule has 4 aromatic rings. The summed E-state index contributed by atoms with van der Waals surface area (Å²) in [5.74, 6) is -1.00. The van der Waals surface area contributed by atoms with E-state index in [1.165, 1.54) is 12.1 Å². The van der Waals surface area contributed by atoms with E-state index < -0.39 is 5.82 Å². The molecule has 34 heavy (non-hydrogen) atoms. The third kappa shape index (κ3) is 3.96. The van der Waals surface area contributed by atoms with Crippen LogP contribution in [0, 0.1) is 5.82 Å². The van der Waals surface area contributed by atoms with Crippen molar-refractivity contribution in [2.24, 2.45) is 0 Å². The maximum atomic E-state index is 14.1. The highest BCUT2D eigenvalue weighted by molar-refractivity contribution is 7.13. The lowest BCUT2D eigenvalue weighted by atomic mass is 10.1. The van der Waals surface area contributed by atoms with Gasteiger partial charge in [-0.05, 0) is 43.5 Å². The van der Waals surface area contributed by atoms with E-state index in [0.717, 1.165) is 10.6 Å². The molecule has 0 radical (unpaired) electrons. The van der Waals surface area contributed by atoms with E-state index >= 15 is 0 Å². The molecule has 0 N–H and O–H groups in total. The smallest absolute Gasteiger partial charge is 0.256 e. The Morgan fingerprint density at radius 1 is 0.971 bits per heavy atom. The van der Waals surface area contributed by atoms with Crippen LogP contribution < -0.4 is 0 Å². The summed E-state index contributed by atoms with van der Waals surface area (Å²) >= 11 is 1.57. The van der Waals surface area contributed by atoms with Crippen molar-refractivity contribution < 1.29 is 14.0 Å². The first-order chi connectivity index (χ1) is 16.4. The van der Waals surface area contributed by atoms with Gasteiger partial charge in [0.1, 0.15) is 5.82 Å². The van der Waals surface area contributed by atoms with Gasteiger partial charge in [-0.3, -0.25) is 9.59 Å². The molecule has 1 aliphatic heterocycles. The third-order valence-corrected chi connectivity index (χ3v) is 6.91. The van der Waals surface area contributed by atoms with Crippen LogP contribution in [0.4, 0.5) is 4.39 Å². The van der Waals surface area contributed by atoms with Gasteiger partial charge >= 0.3 is 0 Å². The number of hydrogen-bond acceptors (Lipinski definition) is 5. The van der Waals surface area contributed by atoms with E-state index in [0.29, 0.717) is 42.8 Å². The molecule has 0 saturated carbocycles. The Balaban J connectivity index is 1.42. The molecule has 5 rings (SSSR count). The lowest BCUT2D eigenvalue weighted by molar-refractivity contribution is 0.0534. The second-order valence-corrected chi connectivity index (χ2v) is 9.46. The van der Waals surface area contributed by atoms with Crippen molar-refractivity contribution in [1.82, 2.24) is 24.6 Å². The number of halogens is 1. The van der Waals surface area contributed by atoms with Crippen LogP contribution in [0.3, 0.4) is 0 Å². The Hall–Kier alpha value is -3.59. The molecular formula is C25H24FN5O2S. The number of hydrogen-bond donors (Lipinski definition) is 0. The molecule has 2 amide bonds. The Morgan fingerprint density at radius 2 is 1.65 bits per heavy atom. The van der Waals surface area contributed by atoms with E-state index in [2.05, 4.69) is 5.10 Å². The van der Waals surface area contributed by atoms with Crippen molar-refractivity contribution in [2.45, 2.75) is 19.9 Å². The molecule has 1 aliphatic rings. The Labute approximate surface area is 200 Å². The molecule has 0 bridgehead atoms.